The maximum atomic E-state index is 12.5. The zero-order chi connectivity index (χ0) is 23.9. The fourth-order valence-electron chi connectivity index (χ4n) is 3.58. The first-order valence-corrected chi connectivity index (χ1v) is 11.1. The highest BCUT2D eigenvalue weighted by Crippen LogP contribution is 2.25. The Kier molecular flexibility index (Phi) is 6.44. The zero-order valence-corrected chi connectivity index (χ0v) is 18.8. The van der Waals surface area contributed by atoms with Gasteiger partial charge in [-0.3, -0.25) is 9.78 Å². The largest absolute Gasteiger partial charge is 0.457 e. The van der Waals surface area contributed by atoms with Gasteiger partial charge >= 0.3 is 0 Å². The van der Waals surface area contributed by atoms with Crippen molar-refractivity contribution in [3.63, 3.8) is 0 Å². The van der Waals surface area contributed by atoms with Crippen LogP contribution >= 0.6 is 0 Å². The van der Waals surface area contributed by atoms with Crippen molar-refractivity contribution in [1.82, 2.24) is 10.4 Å². The third-order valence-corrected chi connectivity index (χ3v) is 5.29. The summed E-state index contributed by atoms with van der Waals surface area (Å²) in [7, 11) is 0. The standard InChI is InChI=1S/C29H22N4O2/c34-29(33-31-20-21-7-6-10-25(19-21)35-24-8-2-1-3-9-24)22-13-15-23(16-14-22)32-28-17-18-30-27-12-5-4-11-26(27)28/h1-20H,(H,30,32)(H,33,34). The minimum Gasteiger partial charge on any atom is -0.457 e. The Labute approximate surface area is 202 Å². The fraction of sp³-hybridized carbons (Fsp3) is 0. The Morgan fingerprint density at radius 1 is 0.800 bits per heavy atom. The van der Waals surface area contributed by atoms with E-state index in [1.165, 1.54) is 0 Å². The Bertz CT molecular complexity index is 1480. The number of ether oxygens (including phenoxy) is 1. The van der Waals surface area contributed by atoms with Crippen molar-refractivity contribution in [3.8, 4) is 11.5 Å². The number of rotatable bonds is 7. The lowest BCUT2D eigenvalue weighted by molar-refractivity contribution is 0.0955. The topological polar surface area (TPSA) is 75.6 Å². The van der Waals surface area contributed by atoms with Crippen molar-refractivity contribution < 1.29 is 9.53 Å². The molecule has 0 bridgehead atoms. The van der Waals surface area contributed by atoms with Gasteiger partial charge in [-0.2, -0.15) is 5.10 Å². The normalized spacial score (nSPS) is 10.9. The summed E-state index contributed by atoms with van der Waals surface area (Å²) in [6.45, 7) is 0. The van der Waals surface area contributed by atoms with Crippen LogP contribution in [0.4, 0.5) is 11.4 Å². The van der Waals surface area contributed by atoms with Crippen LogP contribution < -0.4 is 15.5 Å². The number of para-hydroxylation sites is 2. The van der Waals surface area contributed by atoms with Crippen molar-refractivity contribution in [2.45, 2.75) is 0 Å². The molecular weight excluding hydrogens is 436 g/mol. The van der Waals surface area contributed by atoms with Crippen molar-refractivity contribution in [3.05, 3.63) is 127 Å². The van der Waals surface area contributed by atoms with Gasteiger partial charge in [0.05, 0.1) is 11.7 Å². The first-order valence-electron chi connectivity index (χ1n) is 11.1. The number of amides is 1. The van der Waals surface area contributed by atoms with Gasteiger partial charge in [0.2, 0.25) is 0 Å². The van der Waals surface area contributed by atoms with Crippen LogP contribution in [0, 0.1) is 0 Å². The summed E-state index contributed by atoms with van der Waals surface area (Å²) in [6.07, 6.45) is 3.36. The van der Waals surface area contributed by atoms with Gasteiger partial charge in [0.15, 0.2) is 0 Å². The SMILES string of the molecule is O=C(NN=Cc1cccc(Oc2ccccc2)c1)c1ccc(Nc2ccnc3ccccc23)cc1. The summed E-state index contributed by atoms with van der Waals surface area (Å²) in [4.78, 5) is 16.9. The van der Waals surface area contributed by atoms with Crippen LogP contribution in [0.3, 0.4) is 0 Å². The predicted octanol–water partition coefficient (Wildman–Crippen LogP) is 6.53. The number of nitrogens with zero attached hydrogens (tertiary/aromatic N) is 2. The highest BCUT2D eigenvalue weighted by molar-refractivity contribution is 5.96. The van der Waals surface area contributed by atoms with Gasteiger partial charge in [0, 0.05) is 28.5 Å². The van der Waals surface area contributed by atoms with Crippen molar-refractivity contribution in [2.75, 3.05) is 5.32 Å². The highest BCUT2D eigenvalue weighted by Gasteiger charge is 2.06. The number of pyridine rings is 1. The van der Waals surface area contributed by atoms with Crippen LogP contribution in [0.15, 0.2) is 120 Å². The van der Waals surface area contributed by atoms with Crippen molar-refractivity contribution >= 4 is 34.4 Å². The quantitative estimate of drug-likeness (QED) is 0.215. The third kappa shape index (κ3) is 5.51. The van der Waals surface area contributed by atoms with Gasteiger partial charge in [-0.15, -0.1) is 0 Å². The molecular formula is C29H22N4O2. The lowest BCUT2D eigenvalue weighted by Crippen LogP contribution is -2.17. The van der Waals surface area contributed by atoms with E-state index in [1.807, 2.05) is 97.1 Å². The number of hydrogen-bond acceptors (Lipinski definition) is 5. The smallest absolute Gasteiger partial charge is 0.271 e. The van der Waals surface area contributed by atoms with Gasteiger partial charge in [-0.1, -0.05) is 48.5 Å². The van der Waals surface area contributed by atoms with Gasteiger partial charge in [0.1, 0.15) is 11.5 Å². The summed E-state index contributed by atoms with van der Waals surface area (Å²) in [5, 5.41) is 8.51. The van der Waals surface area contributed by atoms with E-state index in [0.29, 0.717) is 11.3 Å². The van der Waals surface area contributed by atoms with E-state index in [9.17, 15) is 4.79 Å². The summed E-state index contributed by atoms with van der Waals surface area (Å²) < 4.78 is 5.83. The van der Waals surface area contributed by atoms with Gasteiger partial charge in [0.25, 0.3) is 5.91 Å². The van der Waals surface area contributed by atoms with Crippen LogP contribution in [0.25, 0.3) is 10.9 Å². The van der Waals surface area contributed by atoms with E-state index in [-0.39, 0.29) is 5.91 Å². The molecule has 35 heavy (non-hydrogen) atoms. The van der Waals surface area contributed by atoms with Crippen LogP contribution in [0.2, 0.25) is 0 Å². The fourth-order valence-corrected chi connectivity index (χ4v) is 3.58. The van der Waals surface area contributed by atoms with Crippen LogP contribution in [-0.2, 0) is 0 Å². The third-order valence-electron chi connectivity index (χ3n) is 5.29. The van der Waals surface area contributed by atoms with E-state index >= 15 is 0 Å². The summed E-state index contributed by atoms with van der Waals surface area (Å²) in [5.74, 6) is 1.15. The Hall–Kier alpha value is -4.97. The van der Waals surface area contributed by atoms with E-state index < -0.39 is 0 Å². The van der Waals surface area contributed by atoms with Gasteiger partial charge in [-0.25, -0.2) is 5.43 Å². The lowest BCUT2D eigenvalue weighted by Gasteiger charge is -2.10. The monoisotopic (exact) mass is 458 g/mol. The second-order valence-electron chi connectivity index (χ2n) is 7.76. The number of benzene rings is 4. The van der Waals surface area contributed by atoms with Gasteiger partial charge in [-0.05, 0) is 66.2 Å². The zero-order valence-electron chi connectivity index (χ0n) is 18.8. The number of carbonyl (C=O) groups excluding carboxylic acids is 1. The molecule has 0 atom stereocenters. The minimum absolute atomic E-state index is 0.293. The molecule has 0 spiro atoms. The number of aromatic nitrogens is 1. The summed E-state index contributed by atoms with van der Waals surface area (Å²) in [5.41, 5.74) is 6.63. The highest BCUT2D eigenvalue weighted by atomic mass is 16.5. The second kappa shape index (κ2) is 10.3. The number of fused-ring (bicyclic) bond motifs is 1. The number of carbonyl (C=O) groups is 1. The maximum absolute atomic E-state index is 12.5. The molecule has 5 rings (SSSR count). The predicted molar refractivity (Wildman–Crippen MR) is 139 cm³/mol. The summed E-state index contributed by atoms with van der Waals surface area (Å²) >= 11 is 0. The first-order chi connectivity index (χ1) is 17.2. The van der Waals surface area contributed by atoms with E-state index in [1.54, 1.807) is 24.5 Å². The summed E-state index contributed by atoms with van der Waals surface area (Å²) in [6, 6.07) is 34.1. The Morgan fingerprint density at radius 3 is 2.43 bits per heavy atom. The number of hydrazone groups is 1. The molecule has 0 fully saturated rings. The molecule has 6 nitrogen and oxygen atoms in total. The molecule has 0 aliphatic rings. The number of anilines is 2. The minimum atomic E-state index is -0.293. The lowest BCUT2D eigenvalue weighted by atomic mass is 10.1. The maximum Gasteiger partial charge on any atom is 0.271 e. The van der Waals surface area contributed by atoms with Crippen LogP contribution in [-0.4, -0.2) is 17.1 Å². The average molecular weight is 459 g/mol. The average Bonchev–Trinajstić information content (AvgIpc) is 2.90. The molecule has 0 saturated heterocycles. The van der Waals surface area contributed by atoms with Crippen LogP contribution in [0.1, 0.15) is 15.9 Å². The molecule has 5 aromatic rings. The van der Waals surface area contributed by atoms with Crippen molar-refractivity contribution in [2.24, 2.45) is 5.10 Å². The molecule has 1 aromatic heterocycles. The Balaban J connectivity index is 1.20. The molecule has 1 amide bonds. The molecule has 0 aliphatic carbocycles. The van der Waals surface area contributed by atoms with Crippen LogP contribution in [0.5, 0.6) is 11.5 Å². The molecule has 170 valence electrons. The number of hydrogen-bond donors (Lipinski definition) is 2. The molecule has 1 heterocycles. The Morgan fingerprint density at radius 2 is 1.57 bits per heavy atom. The van der Waals surface area contributed by atoms with E-state index in [2.05, 4.69) is 20.8 Å². The first kappa shape index (κ1) is 21.9. The van der Waals surface area contributed by atoms with Crippen molar-refractivity contribution in [1.29, 1.82) is 0 Å². The molecule has 6 heteroatoms. The van der Waals surface area contributed by atoms with Gasteiger partial charge < -0.3 is 10.1 Å². The molecule has 0 saturated carbocycles. The number of nitrogens with one attached hydrogen (secondary N) is 2. The van der Waals surface area contributed by atoms with E-state index in [0.717, 1.165) is 33.6 Å². The van der Waals surface area contributed by atoms with E-state index in [4.69, 9.17) is 4.74 Å². The second-order valence-corrected chi connectivity index (χ2v) is 7.76. The molecule has 4 aromatic carbocycles. The molecule has 0 aliphatic heterocycles. The molecule has 0 radical (unpaired) electrons. The molecule has 2 N–H and O–H groups in total. The molecule has 0 unspecified atom stereocenters.